The number of carbonyl (C=O) groups is 1. The first-order valence-corrected chi connectivity index (χ1v) is 6.81. The van der Waals surface area contributed by atoms with Gasteiger partial charge in [0.2, 0.25) is 0 Å². The van der Waals surface area contributed by atoms with Crippen LogP contribution in [0.25, 0.3) is 0 Å². The van der Waals surface area contributed by atoms with Crippen molar-refractivity contribution >= 4 is 11.9 Å². The zero-order valence-electron chi connectivity index (χ0n) is 12.2. The highest BCUT2D eigenvalue weighted by Gasteiger charge is 1.99. The van der Waals surface area contributed by atoms with Crippen molar-refractivity contribution in [3.05, 3.63) is 12.2 Å². The molecule has 0 aromatic carbocycles. The fourth-order valence-electron chi connectivity index (χ4n) is 1.52. The van der Waals surface area contributed by atoms with Crippen molar-refractivity contribution < 1.29 is 9.53 Å². The van der Waals surface area contributed by atoms with Crippen LogP contribution in [-0.2, 0) is 9.53 Å². The molecule has 5 nitrogen and oxygen atoms in total. The van der Waals surface area contributed by atoms with Gasteiger partial charge in [-0.2, -0.15) is 0 Å². The standard InChI is InChI=1S/C14H27N3O2/c1-12(2)11-17-14(15)16-10-8-6-4-5-7-9-13(18)19-3/h1,4-11H2,2-3H3,(H3,15,16,17). The molecule has 0 unspecified atom stereocenters. The van der Waals surface area contributed by atoms with E-state index in [4.69, 9.17) is 5.73 Å². The maximum absolute atomic E-state index is 10.9. The molecular formula is C14H27N3O2. The Morgan fingerprint density at radius 2 is 1.89 bits per heavy atom. The van der Waals surface area contributed by atoms with E-state index in [9.17, 15) is 4.79 Å². The van der Waals surface area contributed by atoms with Gasteiger partial charge in [0, 0.05) is 13.0 Å². The molecule has 0 aliphatic carbocycles. The second kappa shape index (κ2) is 11.6. The topological polar surface area (TPSA) is 76.7 Å². The molecule has 5 heteroatoms. The van der Waals surface area contributed by atoms with Crippen molar-refractivity contribution in [3.8, 4) is 0 Å². The van der Waals surface area contributed by atoms with Gasteiger partial charge in [0.25, 0.3) is 0 Å². The number of hydrogen-bond donors (Lipinski definition) is 2. The molecule has 0 amide bonds. The molecule has 19 heavy (non-hydrogen) atoms. The Morgan fingerprint density at radius 3 is 2.53 bits per heavy atom. The molecule has 110 valence electrons. The lowest BCUT2D eigenvalue weighted by Crippen LogP contribution is -2.32. The molecule has 0 saturated heterocycles. The first kappa shape index (κ1) is 17.5. The van der Waals surface area contributed by atoms with Crippen LogP contribution >= 0.6 is 0 Å². The van der Waals surface area contributed by atoms with Gasteiger partial charge < -0.3 is 15.8 Å². The highest BCUT2D eigenvalue weighted by Crippen LogP contribution is 2.05. The SMILES string of the molecule is C=C(C)CN=C(N)NCCCCCCCC(=O)OC. The van der Waals surface area contributed by atoms with Crippen LogP contribution in [0.3, 0.4) is 0 Å². The van der Waals surface area contributed by atoms with Crippen LogP contribution in [0.15, 0.2) is 17.1 Å². The molecule has 0 spiro atoms. The molecule has 0 saturated carbocycles. The predicted molar refractivity (Wildman–Crippen MR) is 79.0 cm³/mol. The Balaban J connectivity index is 3.33. The van der Waals surface area contributed by atoms with Gasteiger partial charge in [-0.25, -0.2) is 4.99 Å². The van der Waals surface area contributed by atoms with Gasteiger partial charge in [-0.3, -0.25) is 4.79 Å². The molecule has 0 rings (SSSR count). The molecule has 3 N–H and O–H groups in total. The maximum atomic E-state index is 10.9. The van der Waals surface area contributed by atoms with Gasteiger partial charge >= 0.3 is 5.97 Å². The van der Waals surface area contributed by atoms with Crippen molar-refractivity contribution in [2.75, 3.05) is 20.2 Å². The molecule has 0 fully saturated rings. The van der Waals surface area contributed by atoms with Crippen LogP contribution in [0.2, 0.25) is 0 Å². The van der Waals surface area contributed by atoms with E-state index in [1.165, 1.54) is 7.11 Å². The number of nitrogens with two attached hydrogens (primary N) is 1. The quantitative estimate of drug-likeness (QED) is 0.209. The lowest BCUT2D eigenvalue weighted by molar-refractivity contribution is -0.140. The highest BCUT2D eigenvalue weighted by atomic mass is 16.5. The Kier molecular flexibility index (Phi) is 10.6. The van der Waals surface area contributed by atoms with Crippen LogP contribution < -0.4 is 11.1 Å². The largest absolute Gasteiger partial charge is 0.469 e. The highest BCUT2D eigenvalue weighted by molar-refractivity contribution is 5.77. The molecule has 0 heterocycles. The molecular weight excluding hydrogens is 242 g/mol. The second-order valence-electron chi connectivity index (χ2n) is 4.68. The van der Waals surface area contributed by atoms with Crippen LogP contribution in [-0.4, -0.2) is 32.1 Å². The summed E-state index contributed by atoms with van der Waals surface area (Å²) < 4.78 is 4.58. The number of unbranched alkanes of at least 4 members (excludes halogenated alkanes) is 4. The third-order valence-electron chi connectivity index (χ3n) is 2.61. The summed E-state index contributed by atoms with van der Waals surface area (Å²) in [6.45, 7) is 7.09. The number of methoxy groups -OCH3 is 1. The van der Waals surface area contributed by atoms with E-state index >= 15 is 0 Å². The molecule has 0 aromatic rings. The molecule has 0 aliphatic heterocycles. The van der Waals surface area contributed by atoms with E-state index in [-0.39, 0.29) is 5.97 Å². The fourth-order valence-corrected chi connectivity index (χ4v) is 1.52. The molecule has 0 bridgehead atoms. The number of nitrogens with zero attached hydrogens (tertiary/aromatic N) is 1. The number of hydrogen-bond acceptors (Lipinski definition) is 3. The van der Waals surface area contributed by atoms with Crippen LogP contribution in [0, 0.1) is 0 Å². The number of rotatable bonds is 10. The average Bonchev–Trinajstić information content (AvgIpc) is 2.38. The van der Waals surface area contributed by atoms with E-state index in [0.29, 0.717) is 18.9 Å². The Labute approximate surface area is 116 Å². The summed E-state index contributed by atoms with van der Waals surface area (Å²) in [7, 11) is 1.42. The number of aliphatic imine (C=N–C) groups is 1. The number of guanidine groups is 1. The normalized spacial score (nSPS) is 11.2. The molecule has 0 radical (unpaired) electrons. The third-order valence-corrected chi connectivity index (χ3v) is 2.61. The molecule has 0 aliphatic rings. The van der Waals surface area contributed by atoms with Crippen LogP contribution in [0.4, 0.5) is 0 Å². The van der Waals surface area contributed by atoms with Gasteiger partial charge in [0.1, 0.15) is 0 Å². The van der Waals surface area contributed by atoms with E-state index in [0.717, 1.165) is 44.2 Å². The van der Waals surface area contributed by atoms with E-state index in [1.807, 2.05) is 6.92 Å². The first-order chi connectivity index (χ1) is 9.06. The summed E-state index contributed by atoms with van der Waals surface area (Å²) in [4.78, 5) is 15.0. The Bertz CT molecular complexity index is 301. The minimum absolute atomic E-state index is 0.122. The minimum atomic E-state index is -0.122. The van der Waals surface area contributed by atoms with Crippen molar-refractivity contribution in [2.45, 2.75) is 45.4 Å². The summed E-state index contributed by atoms with van der Waals surface area (Å²) >= 11 is 0. The number of esters is 1. The summed E-state index contributed by atoms with van der Waals surface area (Å²) in [5, 5.41) is 3.07. The lowest BCUT2D eigenvalue weighted by Gasteiger charge is -2.05. The Morgan fingerprint density at radius 1 is 1.26 bits per heavy atom. The second-order valence-corrected chi connectivity index (χ2v) is 4.68. The van der Waals surface area contributed by atoms with Crippen molar-refractivity contribution in [3.63, 3.8) is 0 Å². The van der Waals surface area contributed by atoms with Gasteiger partial charge in [0.05, 0.1) is 13.7 Å². The van der Waals surface area contributed by atoms with Gasteiger partial charge in [0.15, 0.2) is 5.96 Å². The van der Waals surface area contributed by atoms with Crippen molar-refractivity contribution in [2.24, 2.45) is 10.7 Å². The third kappa shape index (κ3) is 12.7. The summed E-state index contributed by atoms with van der Waals surface area (Å²) in [6, 6.07) is 0. The smallest absolute Gasteiger partial charge is 0.305 e. The zero-order valence-corrected chi connectivity index (χ0v) is 12.2. The van der Waals surface area contributed by atoms with E-state index in [2.05, 4.69) is 21.6 Å². The average molecular weight is 269 g/mol. The number of nitrogens with one attached hydrogen (secondary N) is 1. The van der Waals surface area contributed by atoms with Gasteiger partial charge in [-0.1, -0.05) is 31.4 Å². The summed E-state index contributed by atoms with van der Waals surface area (Å²) in [6.07, 6.45) is 5.80. The number of ether oxygens (including phenoxy) is 1. The molecule has 0 aromatic heterocycles. The van der Waals surface area contributed by atoms with Crippen molar-refractivity contribution in [1.29, 1.82) is 0 Å². The van der Waals surface area contributed by atoms with Gasteiger partial charge in [-0.05, 0) is 19.8 Å². The first-order valence-electron chi connectivity index (χ1n) is 6.81. The van der Waals surface area contributed by atoms with Crippen LogP contribution in [0.1, 0.15) is 45.4 Å². The van der Waals surface area contributed by atoms with Gasteiger partial charge in [-0.15, -0.1) is 0 Å². The predicted octanol–water partition coefficient (Wildman–Crippen LogP) is 1.98. The fraction of sp³-hybridized carbons (Fsp3) is 0.714. The summed E-state index contributed by atoms with van der Waals surface area (Å²) in [5.74, 6) is 0.358. The van der Waals surface area contributed by atoms with E-state index < -0.39 is 0 Å². The van der Waals surface area contributed by atoms with E-state index in [1.54, 1.807) is 0 Å². The minimum Gasteiger partial charge on any atom is -0.469 e. The summed E-state index contributed by atoms with van der Waals surface area (Å²) in [5.41, 5.74) is 6.68. The lowest BCUT2D eigenvalue weighted by atomic mass is 10.1. The monoisotopic (exact) mass is 269 g/mol. The zero-order chi connectivity index (χ0) is 14.5. The molecule has 0 atom stereocenters. The Hall–Kier alpha value is -1.52. The van der Waals surface area contributed by atoms with Crippen molar-refractivity contribution in [1.82, 2.24) is 5.32 Å². The maximum Gasteiger partial charge on any atom is 0.305 e. The number of carbonyl (C=O) groups excluding carboxylic acids is 1. The van der Waals surface area contributed by atoms with Crippen LogP contribution in [0.5, 0.6) is 0 Å².